The molecule has 2 heterocycles. The van der Waals surface area contributed by atoms with Crippen LogP contribution in [-0.4, -0.2) is 73.8 Å². The largest absolute Gasteiger partial charge is 0.497 e. The molecule has 3 aromatic rings. The SMILES string of the molecule is COc1ccc(Sc2nc(N)nc3c2ncn3CC(C)OC(OCOC(=O)C2CCCC2)(OCOC(=O)C2CCCC2)P(=O)(O)O)cc1. The average molecular weight is 710 g/mol. The number of imidazole rings is 1. The first-order chi connectivity index (χ1) is 23.0. The molecule has 0 bridgehead atoms. The lowest BCUT2D eigenvalue weighted by Gasteiger charge is -2.34. The summed E-state index contributed by atoms with van der Waals surface area (Å²) in [5, 5.41) is 0.486. The molecule has 0 saturated heterocycles. The summed E-state index contributed by atoms with van der Waals surface area (Å²) in [6.07, 6.45) is 6.54. The van der Waals surface area contributed by atoms with Crippen LogP contribution in [0, 0.1) is 11.8 Å². The molecule has 48 heavy (non-hydrogen) atoms. The van der Waals surface area contributed by atoms with E-state index in [9.17, 15) is 23.9 Å². The van der Waals surface area contributed by atoms with E-state index in [-0.39, 0.29) is 24.3 Å². The molecule has 2 aliphatic carbocycles. The maximum absolute atomic E-state index is 12.9. The third-order valence-electron chi connectivity index (χ3n) is 8.15. The second-order valence-corrected chi connectivity index (χ2v) is 14.3. The van der Waals surface area contributed by atoms with Gasteiger partial charge < -0.3 is 39.0 Å². The predicted octanol–water partition coefficient (Wildman–Crippen LogP) is 4.18. The van der Waals surface area contributed by atoms with Crippen LogP contribution in [0.3, 0.4) is 0 Å². The number of anilines is 1. The third kappa shape index (κ3) is 8.83. The number of nitrogens with zero attached hydrogens (tertiary/aromatic N) is 4. The Kier molecular flexibility index (Phi) is 11.9. The van der Waals surface area contributed by atoms with Crippen LogP contribution in [0.4, 0.5) is 5.95 Å². The number of benzene rings is 1. The number of carbonyl (C=O) groups is 2. The van der Waals surface area contributed by atoms with E-state index in [1.165, 1.54) is 25.0 Å². The molecule has 1 atom stereocenters. The summed E-state index contributed by atoms with van der Waals surface area (Å²) >= 11 is 1.32. The maximum atomic E-state index is 12.9. The van der Waals surface area contributed by atoms with Gasteiger partial charge in [-0.1, -0.05) is 37.4 Å². The third-order valence-corrected chi connectivity index (χ3v) is 10.2. The number of hydrogen-bond donors (Lipinski definition) is 3. The van der Waals surface area contributed by atoms with Gasteiger partial charge in [-0.3, -0.25) is 23.6 Å². The fraction of sp³-hybridized carbons (Fsp3) is 0.567. The van der Waals surface area contributed by atoms with Crippen molar-refractivity contribution in [2.45, 2.75) is 86.6 Å². The Morgan fingerprint density at radius 1 is 1.00 bits per heavy atom. The van der Waals surface area contributed by atoms with E-state index >= 15 is 0 Å². The molecule has 18 heteroatoms. The maximum Gasteiger partial charge on any atom is 0.415 e. The van der Waals surface area contributed by atoms with Gasteiger partial charge in [-0.2, -0.15) is 4.98 Å². The highest BCUT2D eigenvalue weighted by atomic mass is 32.2. The monoisotopic (exact) mass is 709 g/mol. The quantitative estimate of drug-likeness (QED) is 0.0823. The van der Waals surface area contributed by atoms with Gasteiger partial charge >= 0.3 is 25.2 Å². The minimum atomic E-state index is -5.46. The molecule has 0 aliphatic heterocycles. The fourth-order valence-corrected chi connectivity index (χ4v) is 7.33. The zero-order chi connectivity index (χ0) is 34.3. The van der Waals surface area contributed by atoms with Crippen LogP contribution in [-0.2, 0) is 44.4 Å². The smallest absolute Gasteiger partial charge is 0.415 e. The van der Waals surface area contributed by atoms with Crippen molar-refractivity contribution in [3.8, 4) is 5.75 Å². The van der Waals surface area contributed by atoms with Crippen LogP contribution in [0.2, 0.25) is 0 Å². The van der Waals surface area contributed by atoms with Gasteiger partial charge in [-0.25, -0.2) is 9.97 Å². The van der Waals surface area contributed by atoms with Crippen LogP contribution in [0.5, 0.6) is 5.75 Å². The molecule has 4 N–H and O–H groups in total. The zero-order valence-corrected chi connectivity index (χ0v) is 28.4. The molecule has 0 amide bonds. The van der Waals surface area contributed by atoms with Crippen molar-refractivity contribution < 1.29 is 52.4 Å². The first-order valence-electron chi connectivity index (χ1n) is 15.6. The van der Waals surface area contributed by atoms with Crippen LogP contribution in [0.15, 0.2) is 40.5 Å². The number of esters is 2. The normalized spacial score (nSPS) is 16.8. The Bertz CT molecular complexity index is 1570. The molecule has 2 fully saturated rings. The van der Waals surface area contributed by atoms with Gasteiger partial charge in [-0.05, 0) is 56.9 Å². The summed E-state index contributed by atoms with van der Waals surface area (Å²) in [7, 11) is -3.88. The number of methoxy groups -OCH3 is 1. The van der Waals surface area contributed by atoms with Crippen LogP contribution < -0.4 is 10.5 Å². The molecular formula is C30H40N5O11PS. The lowest BCUT2D eigenvalue weighted by Crippen LogP contribution is -2.44. The molecule has 1 unspecified atom stereocenters. The Hall–Kier alpha value is -3.31. The molecule has 5 rings (SSSR count). The van der Waals surface area contributed by atoms with Crippen LogP contribution in [0.1, 0.15) is 58.3 Å². The molecule has 2 aromatic heterocycles. The van der Waals surface area contributed by atoms with Gasteiger partial charge in [0.2, 0.25) is 5.95 Å². The topological polar surface area (TPSA) is 217 Å². The van der Waals surface area contributed by atoms with Crippen LogP contribution >= 0.6 is 19.4 Å². The Balaban J connectivity index is 1.33. The van der Waals surface area contributed by atoms with Crippen molar-refractivity contribution in [2.75, 3.05) is 26.4 Å². The number of hydrogen-bond acceptors (Lipinski definition) is 14. The van der Waals surface area contributed by atoms with E-state index in [0.717, 1.165) is 30.6 Å². The Labute approximate surface area is 281 Å². The lowest BCUT2D eigenvalue weighted by molar-refractivity contribution is -0.376. The summed E-state index contributed by atoms with van der Waals surface area (Å²) in [5.74, 6) is -1.09. The molecule has 262 valence electrons. The van der Waals surface area contributed by atoms with Gasteiger partial charge in [0.05, 0.1) is 37.9 Å². The molecule has 2 saturated carbocycles. The molecule has 0 radical (unpaired) electrons. The minimum Gasteiger partial charge on any atom is -0.497 e. The second-order valence-electron chi connectivity index (χ2n) is 11.6. The lowest BCUT2D eigenvalue weighted by atomic mass is 10.1. The van der Waals surface area contributed by atoms with Crippen molar-refractivity contribution in [3.63, 3.8) is 0 Å². The average Bonchev–Trinajstić information content (AvgIpc) is 3.84. The highest BCUT2D eigenvalue weighted by molar-refractivity contribution is 7.99. The number of ether oxygens (including phenoxy) is 6. The van der Waals surface area contributed by atoms with E-state index in [0.29, 0.717) is 47.6 Å². The number of carbonyl (C=O) groups excluding carboxylic acids is 2. The standard InChI is InChI=1S/C30H40N5O11PS/c1-19(15-35-16-32-24-25(35)33-29(31)34-26(24)48-23-13-11-22(41-2)12-14-23)46-30(47(38,39)40,44-17-42-27(36)20-7-3-4-8-20)45-18-43-28(37)21-9-5-6-10-21/h11-14,16,19-21H,3-10,15,17-18H2,1-2H3,(H2,31,33,34)(H2,38,39,40). The molecule has 16 nitrogen and oxygen atoms in total. The fourth-order valence-electron chi connectivity index (χ4n) is 5.69. The molecular weight excluding hydrogens is 669 g/mol. The summed E-state index contributed by atoms with van der Waals surface area (Å²) in [5.41, 5.74) is 3.73. The summed E-state index contributed by atoms with van der Waals surface area (Å²) in [4.78, 5) is 59.9. The molecule has 2 aliphatic rings. The van der Waals surface area contributed by atoms with Crippen molar-refractivity contribution in [2.24, 2.45) is 11.8 Å². The number of aromatic nitrogens is 4. The second kappa shape index (κ2) is 15.9. The highest BCUT2D eigenvalue weighted by Crippen LogP contribution is 2.53. The summed E-state index contributed by atoms with van der Waals surface area (Å²) in [6.45, 7) is -0.311. The summed E-state index contributed by atoms with van der Waals surface area (Å²) < 4.78 is 46.7. The number of nitrogen functional groups attached to an aromatic ring is 1. The van der Waals surface area contributed by atoms with Gasteiger partial charge in [-0.15, -0.1) is 0 Å². The van der Waals surface area contributed by atoms with Gasteiger partial charge in [0, 0.05) is 4.90 Å². The van der Waals surface area contributed by atoms with Gasteiger partial charge in [0.15, 0.2) is 19.2 Å². The minimum absolute atomic E-state index is 0.0155. The highest BCUT2D eigenvalue weighted by Gasteiger charge is 2.54. The van der Waals surface area contributed by atoms with E-state index in [1.54, 1.807) is 11.7 Å². The first-order valence-corrected chi connectivity index (χ1v) is 18.1. The first kappa shape index (κ1) is 36.0. The predicted molar refractivity (Wildman–Crippen MR) is 170 cm³/mol. The van der Waals surface area contributed by atoms with Crippen molar-refractivity contribution in [1.82, 2.24) is 19.5 Å². The van der Waals surface area contributed by atoms with E-state index in [1.807, 2.05) is 24.3 Å². The van der Waals surface area contributed by atoms with Crippen LogP contribution in [0.25, 0.3) is 11.2 Å². The Morgan fingerprint density at radius 2 is 1.56 bits per heavy atom. The molecule has 1 aromatic carbocycles. The number of nitrogens with two attached hydrogens (primary N) is 1. The van der Waals surface area contributed by atoms with Crippen molar-refractivity contribution in [3.05, 3.63) is 30.6 Å². The zero-order valence-electron chi connectivity index (χ0n) is 26.7. The number of rotatable bonds is 16. The number of fused-ring (bicyclic) bond motifs is 1. The summed E-state index contributed by atoms with van der Waals surface area (Å²) in [6, 6.07) is 7.34. The van der Waals surface area contributed by atoms with Crippen molar-refractivity contribution >= 4 is 48.4 Å². The molecule has 0 spiro atoms. The van der Waals surface area contributed by atoms with Gasteiger partial charge in [0.25, 0.3) is 0 Å². The van der Waals surface area contributed by atoms with Gasteiger partial charge in [0.1, 0.15) is 16.3 Å². The van der Waals surface area contributed by atoms with E-state index in [4.69, 9.17) is 34.2 Å². The van der Waals surface area contributed by atoms with E-state index in [2.05, 4.69) is 15.0 Å². The van der Waals surface area contributed by atoms with E-state index < -0.39 is 44.9 Å². The van der Waals surface area contributed by atoms with Crippen molar-refractivity contribution in [1.29, 1.82) is 0 Å². The Morgan fingerprint density at radius 3 is 2.08 bits per heavy atom.